The number of aryl methyl sites for hydroxylation is 1. The number of rotatable bonds is 4. The third-order valence-electron chi connectivity index (χ3n) is 3.60. The fourth-order valence-electron chi connectivity index (χ4n) is 2.46. The second kappa shape index (κ2) is 6.65. The van der Waals surface area contributed by atoms with Gasteiger partial charge in [0, 0.05) is 19.3 Å². The van der Waals surface area contributed by atoms with Crippen LogP contribution in [-0.2, 0) is 4.74 Å². The molecule has 2 rings (SSSR count). The number of piperidine rings is 1. The van der Waals surface area contributed by atoms with Gasteiger partial charge in [0.2, 0.25) is 5.95 Å². The Bertz CT molecular complexity index is 478. The number of nitrogens with two attached hydrogens (primary N) is 1. The lowest BCUT2D eigenvalue weighted by Gasteiger charge is -2.32. The molecule has 6 heteroatoms. The average Bonchev–Trinajstić information content (AvgIpc) is 2.47. The monoisotopic (exact) mass is 278 g/mol. The smallest absolute Gasteiger partial charge is 0.341 e. The lowest BCUT2D eigenvalue weighted by atomic mass is 9.99. The van der Waals surface area contributed by atoms with Crippen LogP contribution in [-0.4, -0.2) is 42.2 Å². The Balaban J connectivity index is 2.14. The van der Waals surface area contributed by atoms with E-state index >= 15 is 0 Å². The van der Waals surface area contributed by atoms with Crippen LogP contribution in [0.5, 0.6) is 0 Å². The molecule has 0 radical (unpaired) electrons. The molecule has 20 heavy (non-hydrogen) atoms. The summed E-state index contributed by atoms with van der Waals surface area (Å²) in [6.45, 7) is 6.45. The van der Waals surface area contributed by atoms with Crippen LogP contribution < -0.4 is 10.6 Å². The zero-order valence-electron chi connectivity index (χ0n) is 12.1. The molecule has 0 bridgehead atoms. The molecule has 1 unspecified atom stereocenters. The van der Waals surface area contributed by atoms with E-state index in [-0.39, 0.29) is 5.97 Å². The Morgan fingerprint density at radius 1 is 1.60 bits per heavy atom. The van der Waals surface area contributed by atoms with Gasteiger partial charge in [0.1, 0.15) is 0 Å². The van der Waals surface area contributed by atoms with Gasteiger partial charge in [0.25, 0.3) is 0 Å². The van der Waals surface area contributed by atoms with Crippen LogP contribution in [0.4, 0.5) is 5.95 Å². The van der Waals surface area contributed by atoms with E-state index in [2.05, 4.69) is 14.9 Å². The van der Waals surface area contributed by atoms with E-state index in [4.69, 9.17) is 10.5 Å². The van der Waals surface area contributed by atoms with Crippen LogP contribution in [0.2, 0.25) is 0 Å². The van der Waals surface area contributed by atoms with Crippen LogP contribution in [0.15, 0.2) is 6.20 Å². The van der Waals surface area contributed by atoms with Crippen LogP contribution in [0.25, 0.3) is 0 Å². The predicted octanol–water partition coefficient (Wildman–Crippen LogP) is 1.14. The standard InChI is InChI=1S/C14H22N4O2/c1-3-20-13(19)12-8-16-14(17-10(12)2)18-6-4-5-11(7-15)9-18/h8,11H,3-7,9,15H2,1-2H3. The van der Waals surface area contributed by atoms with E-state index < -0.39 is 0 Å². The maximum Gasteiger partial charge on any atom is 0.341 e. The minimum atomic E-state index is -0.366. The summed E-state index contributed by atoms with van der Waals surface area (Å²) < 4.78 is 4.98. The Hall–Kier alpha value is -1.69. The number of nitrogens with zero attached hydrogens (tertiary/aromatic N) is 3. The maximum atomic E-state index is 11.7. The third-order valence-corrected chi connectivity index (χ3v) is 3.60. The lowest BCUT2D eigenvalue weighted by molar-refractivity contribution is 0.0524. The molecule has 0 spiro atoms. The number of carbonyl (C=O) groups is 1. The van der Waals surface area contributed by atoms with Crippen molar-refractivity contribution in [3.05, 3.63) is 17.5 Å². The highest BCUT2D eigenvalue weighted by Crippen LogP contribution is 2.20. The average molecular weight is 278 g/mol. The quantitative estimate of drug-likeness (QED) is 0.832. The normalized spacial score (nSPS) is 18.9. The molecule has 1 atom stereocenters. The van der Waals surface area contributed by atoms with E-state index in [1.165, 1.54) is 0 Å². The van der Waals surface area contributed by atoms with Gasteiger partial charge >= 0.3 is 5.97 Å². The molecule has 1 saturated heterocycles. The number of hydrogen-bond donors (Lipinski definition) is 1. The summed E-state index contributed by atoms with van der Waals surface area (Å²) in [6, 6.07) is 0. The van der Waals surface area contributed by atoms with Crippen molar-refractivity contribution in [3.63, 3.8) is 0 Å². The number of aromatic nitrogens is 2. The van der Waals surface area contributed by atoms with E-state index in [1.54, 1.807) is 13.1 Å². The Labute approximate surface area is 119 Å². The third kappa shape index (κ3) is 3.25. The van der Waals surface area contributed by atoms with Gasteiger partial charge in [-0.1, -0.05) is 0 Å². The maximum absolute atomic E-state index is 11.7. The number of esters is 1. The molecule has 1 aliphatic rings. The SMILES string of the molecule is CCOC(=O)c1cnc(N2CCCC(CN)C2)nc1C. The lowest BCUT2D eigenvalue weighted by Crippen LogP contribution is -2.39. The van der Waals surface area contributed by atoms with Crippen molar-refractivity contribution in [2.45, 2.75) is 26.7 Å². The molecule has 1 fully saturated rings. The molecule has 1 aromatic rings. The Kier molecular flexibility index (Phi) is 4.89. The van der Waals surface area contributed by atoms with Gasteiger partial charge in [0.15, 0.2) is 0 Å². The van der Waals surface area contributed by atoms with Gasteiger partial charge < -0.3 is 15.4 Å². The van der Waals surface area contributed by atoms with Crippen molar-refractivity contribution in [1.82, 2.24) is 9.97 Å². The Morgan fingerprint density at radius 3 is 3.05 bits per heavy atom. The van der Waals surface area contributed by atoms with Crippen LogP contribution in [0, 0.1) is 12.8 Å². The van der Waals surface area contributed by atoms with E-state index in [9.17, 15) is 4.79 Å². The zero-order chi connectivity index (χ0) is 14.5. The number of hydrogen-bond acceptors (Lipinski definition) is 6. The van der Waals surface area contributed by atoms with Crippen molar-refractivity contribution in [1.29, 1.82) is 0 Å². The van der Waals surface area contributed by atoms with E-state index in [1.807, 2.05) is 6.92 Å². The van der Waals surface area contributed by atoms with Crippen LogP contribution in [0.3, 0.4) is 0 Å². The molecule has 2 N–H and O–H groups in total. The molecule has 1 aromatic heterocycles. The molecule has 1 aliphatic heterocycles. The highest BCUT2D eigenvalue weighted by atomic mass is 16.5. The van der Waals surface area contributed by atoms with Gasteiger partial charge in [-0.3, -0.25) is 0 Å². The van der Waals surface area contributed by atoms with Gasteiger partial charge in [-0.2, -0.15) is 0 Å². The summed E-state index contributed by atoms with van der Waals surface area (Å²) >= 11 is 0. The molecule has 110 valence electrons. The molecule has 0 aromatic carbocycles. The van der Waals surface area contributed by atoms with Gasteiger partial charge in [-0.15, -0.1) is 0 Å². The summed E-state index contributed by atoms with van der Waals surface area (Å²) in [4.78, 5) is 22.6. The van der Waals surface area contributed by atoms with E-state index in [0.717, 1.165) is 25.9 Å². The van der Waals surface area contributed by atoms with Gasteiger partial charge in [-0.05, 0) is 39.2 Å². The topological polar surface area (TPSA) is 81.3 Å². The van der Waals surface area contributed by atoms with Crippen LogP contribution in [0.1, 0.15) is 35.8 Å². The molecule has 6 nitrogen and oxygen atoms in total. The molecule has 2 heterocycles. The minimum Gasteiger partial charge on any atom is -0.462 e. The second-order valence-corrected chi connectivity index (χ2v) is 5.08. The first-order valence-electron chi connectivity index (χ1n) is 7.11. The molecule has 0 aliphatic carbocycles. The first-order chi connectivity index (χ1) is 9.65. The summed E-state index contributed by atoms with van der Waals surface area (Å²) in [6.07, 6.45) is 3.82. The molecule has 0 amide bonds. The van der Waals surface area contributed by atoms with Crippen molar-refractivity contribution in [2.75, 3.05) is 31.1 Å². The van der Waals surface area contributed by atoms with Crippen LogP contribution >= 0.6 is 0 Å². The predicted molar refractivity (Wildman–Crippen MR) is 76.7 cm³/mol. The van der Waals surface area contributed by atoms with Gasteiger partial charge in [0.05, 0.1) is 17.9 Å². The molecule has 0 saturated carbocycles. The first-order valence-corrected chi connectivity index (χ1v) is 7.11. The minimum absolute atomic E-state index is 0.352. The fraction of sp³-hybridized carbons (Fsp3) is 0.643. The highest BCUT2D eigenvalue weighted by molar-refractivity contribution is 5.90. The summed E-state index contributed by atoms with van der Waals surface area (Å²) in [5, 5.41) is 0. The first kappa shape index (κ1) is 14.7. The summed E-state index contributed by atoms with van der Waals surface area (Å²) in [5.41, 5.74) is 6.83. The van der Waals surface area contributed by atoms with Crippen molar-refractivity contribution in [2.24, 2.45) is 11.7 Å². The van der Waals surface area contributed by atoms with E-state index in [0.29, 0.717) is 36.3 Å². The second-order valence-electron chi connectivity index (χ2n) is 5.08. The molecular formula is C14H22N4O2. The Morgan fingerprint density at radius 2 is 2.40 bits per heavy atom. The van der Waals surface area contributed by atoms with Gasteiger partial charge in [-0.25, -0.2) is 14.8 Å². The summed E-state index contributed by atoms with van der Waals surface area (Å²) in [7, 11) is 0. The van der Waals surface area contributed by atoms with Crippen molar-refractivity contribution in [3.8, 4) is 0 Å². The highest BCUT2D eigenvalue weighted by Gasteiger charge is 2.22. The zero-order valence-corrected chi connectivity index (χ0v) is 12.1. The fourth-order valence-corrected chi connectivity index (χ4v) is 2.46. The largest absolute Gasteiger partial charge is 0.462 e. The van der Waals surface area contributed by atoms with Crippen molar-refractivity contribution < 1.29 is 9.53 Å². The number of carbonyl (C=O) groups excluding carboxylic acids is 1. The molecular weight excluding hydrogens is 256 g/mol. The van der Waals surface area contributed by atoms with Crippen molar-refractivity contribution >= 4 is 11.9 Å². The number of anilines is 1. The summed E-state index contributed by atoms with van der Waals surface area (Å²) in [5.74, 6) is 0.807. The number of ether oxygens (including phenoxy) is 1.